The number of pyridine rings is 1. The first-order chi connectivity index (χ1) is 10.2. The summed E-state index contributed by atoms with van der Waals surface area (Å²) in [6.45, 7) is 0. The topological polar surface area (TPSA) is 103 Å². The Hall–Kier alpha value is -3.09. The van der Waals surface area contributed by atoms with Crippen molar-refractivity contribution in [1.82, 2.24) is 10.1 Å². The van der Waals surface area contributed by atoms with Gasteiger partial charge in [-0.05, 0) is 12.1 Å². The summed E-state index contributed by atoms with van der Waals surface area (Å²) in [5, 5.41) is 6.95. The molecule has 2 heterocycles. The molecule has 0 spiro atoms. The molecule has 0 atom stereocenters. The Morgan fingerprint density at radius 1 is 1.38 bits per heavy atom. The zero-order valence-electron chi connectivity index (χ0n) is 11.2. The molecule has 0 radical (unpaired) electrons. The van der Waals surface area contributed by atoms with Gasteiger partial charge in [-0.2, -0.15) is 0 Å². The predicted molar refractivity (Wildman–Crippen MR) is 77.2 cm³/mol. The third-order valence-corrected chi connectivity index (χ3v) is 3.04. The molecule has 106 valence electrons. The summed E-state index contributed by atoms with van der Waals surface area (Å²) in [7, 11) is 1.58. The van der Waals surface area contributed by atoms with E-state index in [1.807, 2.05) is 0 Å². The molecule has 0 aliphatic heterocycles. The van der Waals surface area contributed by atoms with E-state index in [0.29, 0.717) is 22.6 Å². The normalized spacial score (nSPS) is 10.5. The summed E-state index contributed by atoms with van der Waals surface area (Å²) in [5.41, 5.74) is 7.78. The summed E-state index contributed by atoms with van der Waals surface area (Å²) in [6, 6.07) is 6.81. The van der Waals surface area contributed by atoms with Gasteiger partial charge in [0.25, 0.3) is 5.91 Å². The summed E-state index contributed by atoms with van der Waals surface area (Å²) in [5.74, 6) is 0.277. The maximum atomic E-state index is 11.9. The SMILES string of the molecule is COc1ccc2c(N)c(NC(=O)c3ccon3)cnc2c1. The molecule has 0 aliphatic carbocycles. The number of anilines is 2. The number of rotatable bonds is 3. The highest BCUT2D eigenvalue weighted by Gasteiger charge is 2.13. The molecule has 0 saturated carbocycles. The number of amides is 1. The van der Waals surface area contributed by atoms with Crippen LogP contribution in [-0.2, 0) is 0 Å². The Morgan fingerprint density at radius 2 is 2.24 bits per heavy atom. The Labute approximate surface area is 119 Å². The molecule has 0 aliphatic rings. The number of fused-ring (bicyclic) bond motifs is 1. The van der Waals surface area contributed by atoms with Gasteiger partial charge in [0.1, 0.15) is 12.0 Å². The largest absolute Gasteiger partial charge is 0.497 e. The van der Waals surface area contributed by atoms with E-state index in [2.05, 4.69) is 20.0 Å². The van der Waals surface area contributed by atoms with Gasteiger partial charge in [-0.15, -0.1) is 0 Å². The van der Waals surface area contributed by atoms with Crippen LogP contribution in [-0.4, -0.2) is 23.2 Å². The summed E-state index contributed by atoms with van der Waals surface area (Å²) in [4.78, 5) is 16.2. The second-order valence-electron chi connectivity index (χ2n) is 4.31. The number of ether oxygens (including phenoxy) is 1. The van der Waals surface area contributed by atoms with E-state index >= 15 is 0 Å². The number of nitrogens with zero attached hydrogens (tertiary/aromatic N) is 2. The maximum Gasteiger partial charge on any atom is 0.277 e. The fraction of sp³-hybridized carbons (Fsp3) is 0.0714. The van der Waals surface area contributed by atoms with Crippen LogP contribution in [0.25, 0.3) is 10.9 Å². The molecule has 3 rings (SSSR count). The van der Waals surface area contributed by atoms with Gasteiger partial charge in [-0.25, -0.2) is 0 Å². The lowest BCUT2D eigenvalue weighted by molar-refractivity contribution is 0.101. The van der Waals surface area contributed by atoms with Gasteiger partial charge in [-0.3, -0.25) is 9.78 Å². The van der Waals surface area contributed by atoms with Crippen molar-refractivity contribution in [3.8, 4) is 5.75 Å². The minimum atomic E-state index is -0.412. The molecule has 0 bridgehead atoms. The zero-order chi connectivity index (χ0) is 14.8. The first-order valence-electron chi connectivity index (χ1n) is 6.13. The number of carbonyl (C=O) groups excluding carboxylic acids is 1. The highest BCUT2D eigenvalue weighted by atomic mass is 16.5. The van der Waals surface area contributed by atoms with E-state index in [-0.39, 0.29) is 5.69 Å². The summed E-state index contributed by atoms with van der Waals surface area (Å²) in [6.07, 6.45) is 2.82. The van der Waals surface area contributed by atoms with Crippen LogP contribution in [0.2, 0.25) is 0 Å². The molecule has 0 unspecified atom stereocenters. The Bertz CT molecular complexity index is 799. The highest BCUT2D eigenvalue weighted by molar-refractivity contribution is 6.07. The van der Waals surface area contributed by atoms with Gasteiger partial charge < -0.3 is 20.3 Å². The molecule has 7 nitrogen and oxygen atoms in total. The predicted octanol–water partition coefficient (Wildman–Crippen LogP) is 2.07. The quantitative estimate of drug-likeness (QED) is 0.763. The van der Waals surface area contributed by atoms with Gasteiger partial charge >= 0.3 is 0 Å². The monoisotopic (exact) mass is 284 g/mol. The fourth-order valence-corrected chi connectivity index (χ4v) is 1.94. The standard InChI is InChI=1S/C14H12N4O3/c1-20-8-2-3-9-11(6-8)16-7-12(13(9)15)17-14(19)10-4-5-21-18-10/h2-7H,1H3,(H2,15,16)(H,17,19). The van der Waals surface area contributed by atoms with Gasteiger partial charge in [0.2, 0.25) is 0 Å². The van der Waals surface area contributed by atoms with Crippen molar-refractivity contribution in [3.05, 3.63) is 42.4 Å². The second-order valence-corrected chi connectivity index (χ2v) is 4.31. The van der Waals surface area contributed by atoms with Crippen molar-refractivity contribution < 1.29 is 14.1 Å². The number of hydrogen-bond acceptors (Lipinski definition) is 6. The molecule has 1 aromatic carbocycles. The average Bonchev–Trinajstić information content (AvgIpc) is 3.04. The maximum absolute atomic E-state index is 11.9. The summed E-state index contributed by atoms with van der Waals surface area (Å²) < 4.78 is 9.76. The fourth-order valence-electron chi connectivity index (χ4n) is 1.94. The minimum Gasteiger partial charge on any atom is -0.497 e. The van der Waals surface area contributed by atoms with Crippen LogP contribution < -0.4 is 15.8 Å². The van der Waals surface area contributed by atoms with E-state index in [4.69, 9.17) is 10.5 Å². The Balaban J connectivity index is 1.96. The lowest BCUT2D eigenvalue weighted by atomic mass is 10.1. The van der Waals surface area contributed by atoms with Crippen LogP contribution in [0.15, 0.2) is 41.2 Å². The first kappa shape index (κ1) is 12.9. The van der Waals surface area contributed by atoms with E-state index in [1.54, 1.807) is 25.3 Å². The Kier molecular flexibility index (Phi) is 3.15. The van der Waals surface area contributed by atoms with E-state index in [1.165, 1.54) is 18.5 Å². The molecule has 21 heavy (non-hydrogen) atoms. The molecule has 7 heteroatoms. The van der Waals surface area contributed by atoms with Crippen LogP contribution in [0.4, 0.5) is 11.4 Å². The van der Waals surface area contributed by atoms with Crippen molar-refractivity contribution >= 4 is 28.2 Å². The van der Waals surface area contributed by atoms with Crippen molar-refractivity contribution in [3.63, 3.8) is 0 Å². The molecule has 3 N–H and O–H groups in total. The van der Waals surface area contributed by atoms with E-state index in [0.717, 1.165) is 5.39 Å². The molecule has 3 aromatic rings. The van der Waals surface area contributed by atoms with Crippen LogP contribution in [0.1, 0.15) is 10.5 Å². The lowest BCUT2D eigenvalue weighted by Gasteiger charge is -2.10. The van der Waals surface area contributed by atoms with E-state index < -0.39 is 5.91 Å². The molecular formula is C14H12N4O3. The van der Waals surface area contributed by atoms with Crippen molar-refractivity contribution in [1.29, 1.82) is 0 Å². The number of nitrogens with one attached hydrogen (secondary N) is 1. The number of methoxy groups -OCH3 is 1. The number of aromatic nitrogens is 2. The number of benzene rings is 1. The molecule has 1 amide bonds. The van der Waals surface area contributed by atoms with Gasteiger partial charge in [0.05, 0.1) is 30.2 Å². The van der Waals surface area contributed by atoms with Gasteiger partial charge in [-0.1, -0.05) is 5.16 Å². The number of nitrogen functional groups attached to an aromatic ring is 1. The van der Waals surface area contributed by atoms with Crippen LogP contribution in [0, 0.1) is 0 Å². The van der Waals surface area contributed by atoms with Crippen LogP contribution >= 0.6 is 0 Å². The van der Waals surface area contributed by atoms with E-state index in [9.17, 15) is 4.79 Å². The molecule has 0 fully saturated rings. The first-order valence-corrected chi connectivity index (χ1v) is 6.13. The lowest BCUT2D eigenvalue weighted by Crippen LogP contribution is -2.14. The number of carbonyl (C=O) groups is 1. The summed E-state index contributed by atoms with van der Waals surface area (Å²) >= 11 is 0. The molecule has 0 saturated heterocycles. The molecular weight excluding hydrogens is 272 g/mol. The van der Waals surface area contributed by atoms with Crippen LogP contribution in [0.3, 0.4) is 0 Å². The van der Waals surface area contributed by atoms with Crippen molar-refractivity contribution in [2.24, 2.45) is 0 Å². The minimum absolute atomic E-state index is 0.171. The van der Waals surface area contributed by atoms with Gasteiger partial charge in [0.15, 0.2) is 5.69 Å². The zero-order valence-corrected chi connectivity index (χ0v) is 11.2. The Morgan fingerprint density at radius 3 is 2.95 bits per heavy atom. The second kappa shape index (κ2) is 5.12. The average molecular weight is 284 g/mol. The highest BCUT2D eigenvalue weighted by Crippen LogP contribution is 2.29. The smallest absolute Gasteiger partial charge is 0.277 e. The third-order valence-electron chi connectivity index (χ3n) is 3.04. The van der Waals surface area contributed by atoms with Crippen molar-refractivity contribution in [2.45, 2.75) is 0 Å². The molecule has 2 aromatic heterocycles. The van der Waals surface area contributed by atoms with Crippen molar-refractivity contribution in [2.75, 3.05) is 18.2 Å². The third kappa shape index (κ3) is 2.36. The van der Waals surface area contributed by atoms with Crippen LogP contribution in [0.5, 0.6) is 5.75 Å². The number of hydrogen-bond donors (Lipinski definition) is 2. The van der Waals surface area contributed by atoms with Gasteiger partial charge in [0, 0.05) is 17.5 Å². The number of nitrogens with two attached hydrogens (primary N) is 1.